The number of rotatable bonds is 4. The number of Topliss-reactive ketones (excluding diaryl/α,β-unsaturated/α-hetero) is 2. The van der Waals surface area contributed by atoms with E-state index in [4.69, 9.17) is 0 Å². The molecule has 0 saturated heterocycles. The molecule has 170 valence electrons. The van der Waals surface area contributed by atoms with Crippen LogP contribution in [0.3, 0.4) is 0 Å². The van der Waals surface area contributed by atoms with Crippen molar-refractivity contribution in [2.75, 3.05) is 0 Å². The lowest BCUT2D eigenvalue weighted by atomic mass is 9.87. The van der Waals surface area contributed by atoms with Gasteiger partial charge in [0.15, 0.2) is 11.6 Å². The zero-order valence-electron chi connectivity index (χ0n) is 19.5. The molecule has 2 nitrogen and oxygen atoms in total. The Kier molecular flexibility index (Phi) is 6.13. The van der Waals surface area contributed by atoms with E-state index in [1.54, 1.807) is 23.5 Å². The van der Waals surface area contributed by atoms with Crippen molar-refractivity contribution in [2.45, 2.75) is 52.5 Å². The Hall–Kier alpha value is -2.82. The third-order valence-corrected chi connectivity index (χ3v) is 8.55. The second-order valence-electron chi connectivity index (χ2n) is 9.67. The van der Waals surface area contributed by atoms with Crippen LogP contribution in [0.1, 0.15) is 53.9 Å². The Labute approximate surface area is 209 Å². The first kappa shape index (κ1) is 22.9. The lowest BCUT2D eigenvalue weighted by Crippen LogP contribution is -2.23. The molecule has 1 atom stereocenters. The van der Waals surface area contributed by atoms with Crippen LogP contribution in [0.15, 0.2) is 99.6 Å². The smallest absolute Gasteiger partial charge is 0.170 e. The Morgan fingerprint density at radius 2 is 1.53 bits per heavy atom. The van der Waals surface area contributed by atoms with Crippen LogP contribution in [0.2, 0.25) is 0 Å². The number of thioether (sulfide) groups is 1. The van der Waals surface area contributed by atoms with Gasteiger partial charge in [-0.3, -0.25) is 9.59 Å². The van der Waals surface area contributed by atoms with Crippen LogP contribution < -0.4 is 0 Å². The highest BCUT2D eigenvalue weighted by atomic mass is 32.2. The van der Waals surface area contributed by atoms with E-state index in [1.165, 1.54) is 5.56 Å². The maximum atomic E-state index is 13.0. The van der Waals surface area contributed by atoms with E-state index in [-0.39, 0.29) is 28.7 Å². The number of fused-ring (bicyclic) bond motifs is 2. The summed E-state index contributed by atoms with van der Waals surface area (Å²) in [4.78, 5) is 29.2. The quantitative estimate of drug-likeness (QED) is 0.274. The van der Waals surface area contributed by atoms with E-state index in [2.05, 4.69) is 75.4 Å². The molecule has 0 aliphatic heterocycles. The largest absolute Gasteiger partial charge is 0.298 e. The van der Waals surface area contributed by atoms with Crippen molar-refractivity contribution in [1.82, 2.24) is 0 Å². The van der Waals surface area contributed by atoms with Crippen LogP contribution in [0.4, 0.5) is 0 Å². The summed E-state index contributed by atoms with van der Waals surface area (Å²) < 4.78 is 0. The van der Waals surface area contributed by atoms with Crippen molar-refractivity contribution >= 4 is 45.9 Å². The standard InChI is InChI=1S/C30H26O2S2/c1-30(2,3)20-12-14-22(15-13-20)34-29-25-16-19-8-7-11-28(33-21-9-5-4-6-10-21)23(19)17-24(25)26(31)18-27(29)32/h4-17,29H,18H2,1-3H3. The average molecular weight is 483 g/mol. The predicted octanol–water partition coefficient (Wildman–Crippen LogP) is 8.28. The van der Waals surface area contributed by atoms with Crippen LogP contribution in [0.5, 0.6) is 0 Å². The van der Waals surface area contributed by atoms with Crippen molar-refractivity contribution in [2.24, 2.45) is 0 Å². The molecule has 1 unspecified atom stereocenters. The first-order chi connectivity index (χ1) is 16.3. The fourth-order valence-corrected chi connectivity index (χ4v) is 6.38. The third-order valence-electron chi connectivity index (χ3n) is 6.17. The van der Waals surface area contributed by atoms with Gasteiger partial charge in [0, 0.05) is 20.2 Å². The number of benzene rings is 4. The van der Waals surface area contributed by atoms with E-state index >= 15 is 0 Å². The van der Waals surface area contributed by atoms with Crippen LogP contribution in [0.25, 0.3) is 10.8 Å². The molecule has 0 radical (unpaired) electrons. The van der Waals surface area contributed by atoms with Gasteiger partial charge in [-0.1, -0.05) is 75.0 Å². The minimum absolute atomic E-state index is 0.0171. The molecule has 0 saturated carbocycles. The molecular weight excluding hydrogens is 456 g/mol. The average Bonchev–Trinajstić information content (AvgIpc) is 2.81. The molecule has 4 aromatic rings. The molecule has 0 fully saturated rings. The lowest BCUT2D eigenvalue weighted by Gasteiger charge is -2.25. The van der Waals surface area contributed by atoms with Gasteiger partial charge in [0.05, 0.1) is 11.7 Å². The minimum Gasteiger partial charge on any atom is -0.298 e. The maximum Gasteiger partial charge on any atom is 0.170 e. The second kappa shape index (κ2) is 9.09. The van der Waals surface area contributed by atoms with Crippen molar-refractivity contribution in [3.63, 3.8) is 0 Å². The lowest BCUT2D eigenvalue weighted by molar-refractivity contribution is -0.118. The van der Waals surface area contributed by atoms with E-state index in [1.807, 2.05) is 30.3 Å². The van der Waals surface area contributed by atoms with Crippen molar-refractivity contribution < 1.29 is 9.59 Å². The highest BCUT2D eigenvalue weighted by Crippen LogP contribution is 2.44. The molecule has 34 heavy (non-hydrogen) atoms. The van der Waals surface area contributed by atoms with Gasteiger partial charge >= 0.3 is 0 Å². The summed E-state index contributed by atoms with van der Waals surface area (Å²) in [6.07, 6.45) is -0.0375. The van der Waals surface area contributed by atoms with E-state index in [9.17, 15) is 9.59 Å². The summed E-state index contributed by atoms with van der Waals surface area (Å²) in [7, 11) is 0. The predicted molar refractivity (Wildman–Crippen MR) is 142 cm³/mol. The molecule has 0 aromatic heterocycles. The number of carbonyl (C=O) groups excluding carboxylic acids is 2. The van der Waals surface area contributed by atoms with E-state index < -0.39 is 0 Å². The molecule has 5 rings (SSSR count). The molecule has 4 heteroatoms. The number of hydrogen-bond donors (Lipinski definition) is 0. The van der Waals surface area contributed by atoms with Crippen LogP contribution in [0, 0.1) is 0 Å². The van der Waals surface area contributed by atoms with Gasteiger partial charge in [-0.15, -0.1) is 11.8 Å². The molecule has 4 aromatic carbocycles. The first-order valence-electron chi connectivity index (χ1n) is 11.4. The van der Waals surface area contributed by atoms with Gasteiger partial charge < -0.3 is 0 Å². The Balaban J connectivity index is 1.53. The van der Waals surface area contributed by atoms with Crippen molar-refractivity contribution in [3.8, 4) is 0 Å². The summed E-state index contributed by atoms with van der Waals surface area (Å²) in [5.74, 6) is -0.0992. The number of carbonyl (C=O) groups is 2. The fraction of sp³-hybridized carbons (Fsp3) is 0.200. The Morgan fingerprint density at radius 3 is 2.24 bits per heavy atom. The first-order valence-corrected chi connectivity index (χ1v) is 13.1. The van der Waals surface area contributed by atoms with Crippen LogP contribution in [-0.2, 0) is 10.2 Å². The van der Waals surface area contributed by atoms with Crippen LogP contribution in [-0.4, -0.2) is 11.6 Å². The normalized spacial score (nSPS) is 16.0. The topological polar surface area (TPSA) is 34.1 Å². The van der Waals surface area contributed by atoms with Crippen molar-refractivity contribution in [1.29, 1.82) is 0 Å². The molecule has 0 heterocycles. The molecule has 1 aliphatic rings. The Morgan fingerprint density at radius 1 is 0.794 bits per heavy atom. The highest BCUT2D eigenvalue weighted by molar-refractivity contribution is 8.00. The monoisotopic (exact) mass is 482 g/mol. The van der Waals surface area contributed by atoms with Gasteiger partial charge in [-0.2, -0.15) is 0 Å². The Bertz CT molecular complexity index is 1380. The zero-order chi connectivity index (χ0) is 23.9. The van der Waals surface area contributed by atoms with Gasteiger partial charge in [0.2, 0.25) is 0 Å². The summed E-state index contributed by atoms with van der Waals surface area (Å²) in [6, 6.07) is 28.9. The van der Waals surface area contributed by atoms with E-state index in [0.29, 0.717) is 5.56 Å². The molecule has 0 bridgehead atoms. The third kappa shape index (κ3) is 4.57. The fourth-order valence-electron chi connectivity index (χ4n) is 4.30. The highest BCUT2D eigenvalue weighted by Gasteiger charge is 2.34. The summed E-state index contributed by atoms with van der Waals surface area (Å²) >= 11 is 3.24. The van der Waals surface area contributed by atoms with Crippen LogP contribution >= 0.6 is 23.5 Å². The van der Waals surface area contributed by atoms with Crippen molar-refractivity contribution in [3.05, 3.63) is 102 Å². The minimum atomic E-state index is -0.372. The molecule has 0 spiro atoms. The zero-order valence-corrected chi connectivity index (χ0v) is 21.1. The summed E-state index contributed by atoms with van der Waals surface area (Å²) in [5.41, 5.74) is 2.85. The van der Waals surface area contributed by atoms with Gasteiger partial charge in [0.1, 0.15) is 0 Å². The van der Waals surface area contributed by atoms with E-state index in [0.717, 1.165) is 31.0 Å². The SMILES string of the molecule is CC(C)(C)c1ccc(SC2C(=O)CC(=O)c3cc4c(Sc5ccccc5)cccc4cc32)cc1. The van der Waals surface area contributed by atoms with Gasteiger partial charge in [-0.05, 0) is 69.8 Å². The number of hydrogen-bond acceptors (Lipinski definition) is 4. The molecule has 0 amide bonds. The molecular formula is C30H26O2S2. The van der Waals surface area contributed by atoms with Gasteiger partial charge in [-0.25, -0.2) is 0 Å². The van der Waals surface area contributed by atoms with Gasteiger partial charge in [0.25, 0.3) is 0 Å². The summed E-state index contributed by atoms with van der Waals surface area (Å²) in [5, 5.41) is 1.73. The molecule has 1 aliphatic carbocycles. The summed E-state index contributed by atoms with van der Waals surface area (Å²) in [6.45, 7) is 6.57. The molecule has 0 N–H and O–H groups in total. The number of ketones is 2. The maximum absolute atomic E-state index is 13.0. The second-order valence-corrected chi connectivity index (χ2v) is 12.0.